The first-order chi connectivity index (χ1) is 7.51. The molecule has 16 heavy (non-hydrogen) atoms. The maximum atomic E-state index is 11.8. The first kappa shape index (κ1) is 11.9. The van der Waals surface area contributed by atoms with E-state index in [9.17, 15) is 9.90 Å². The van der Waals surface area contributed by atoms with Crippen LogP contribution in [0, 0.1) is 5.41 Å². The Bertz CT molecular complexity index is 282. The number of rotatable bonds is 2. The van der Waals surface area contributed by atoms with Gasteiger partial charge in [0.1, 0.15) is 5.54 Å². The molecule has 1 saturated carbocycles. The van der Waals surface area contributed by atoms with Crippen LogP contribution in [0.5, 0.6) is 0 Å². The van der Waals surface area contributed by atoms with Crippen molar-refractivity contribution in [2.24, 2.45) is 5.41 Å². The summed E-state index contributed by atoms with van der Waals surface area (Å²) in [6.45, 7) is 6.19. The van der Waals surface area contributed by atoms with Gasteiger partial charge in [0, 0.05) is 0 Å². The molecule has 1 aliphatic carbocycles. The highest BCUT2D eigenvalue weighted by molar-refractivity contribution is 5.80. The summed E-state index contributed by atoms with van der Waals surface area (Å²) >= 11 is 0. The number of aliphatic carboxylic acids is 1. The van der Waals surface area contributed by atoms with Gasteiger partial charge in [0.15, 0.2) is 0 Å². The fourth-order valence-corrected chi connectivity index (χ4v) is 3.72. The topological polar surface area (TPSA) is 40.5 Å². The molecular weight excluding hydrogens is 202 g/mol. The second-order valence-electron chi connectivity index (χ2n) is 5.95. The molecule has 0 bridgehead atoms. The zero-order chi connectivity index (χ0) is 11.8. The Morgan fingerprint density at radius 2 is 1.69 bits per heavy atom. The SMILES string of the molecule is CC1(C)CCCC1(C(=O)O)N1CCCCC1. The molecule has 0 aromatic carbocycles. The smallest absolute Gasteiger partial charge is 0.324 e. The van der Waals surface area contributed by atoms with E-state index in [0.717, 1.165) is 45.2 Å². The van der Waals surface area contributed by atoms with Gasteiger partial charge in [0.25, 0.3) is 0 Å². The molecule has 1 saturated heterocycles. The number of carbonyl (C=O) groups is 1. The van der Waals surface area contributed by atoms with E-state index in [2.05, 4.69) is 18.7 Å². The summed E-state index contributed by atoms with van der Waals surface area (Å²) in [5.41, 5.74) is -0.677. The molecule has 2 fully saturated rings. The number of hydrogen-bond donors (Lipinski definition) is 1. The van der Waals surface area contributed by atoms with Crippen molar-refractivity contribution in [3.05, 3.63) is 0 Å². The van der Waals surface area contributed by atoms with E-state index < -0.39 is 11.5 Å². The van der Waals surface area contributed by atoms with Crippen molar-refractivity contribution in [1.29, 1.82) is 0 Å². The molecule has 0 spiro atoms. The largest absolute Gasteiger partial charge is 0.480 e. The molecule has 1 unspecified atom stereocenters. The summed E-state index contributed by atoms with van der Waals surface area (Å²) in [5, 5.41) is 9.71. The number of carboxylic acids is 1. The van der Waals surface area contributed by atoms with Gasteiger partial charge in [-0.1, -0.05) is 26.7 Å². The predicted molar refractivity (Wildman–Crippen MR) is 63.4 cm³/mol. The molecule has 1 N–H and O–H groups in total. The molecule has 0 amide bonds. The van der Waals surface area contributed by atoms with Crippen LogP contribution in [0.25, 0.3) is 0 Å². The van der Waals surface area contributed by atoms with Crippen LogP contribution in [0.2, 0.25) is 0 Å². The van der Waals surface area contributed by atoms with Crippen LogP contribution in [0.4, 0.5) is 0 Å². The number of hydrogen-bond acceptors (Lipinski definition) is 2. The fourth-order valence-electron chi connectivity index (χ4n) is 3.72. The van der Waals surface area contributed by atoms with Gasteiger partial charge in [-0.3, -0.25) is 9.69 Å². The fraction of sp³-hybridized carbons (Fsp3) is 0.923. The van der Waals surface area contributed by atoms with Crippen LogP contribution in [-0.4, -0.2) is 34.6 Å². The van der Waals surface area contributed by atoms with E-state index in [-0.39, 0.29) is 5.41 Å². The van der Waals surface area contributed by atoms with Crippen LogP contribution in [0.1, 0.15) is 52.4 Å². The van der Waals surface area contributed by atoms with Crippen LogP contribution in [0.3, 0.4) is 0 Å². The highest BCUT2D eigenvalue weighted by atomic mass is 16.4. The van der Waals surface area contributed by atoms with Gasteiger partial charge in [-0.25, -0.2) is 0 Å². The molecule has 0 radical (unpaired) electrons. The van der Waals surface area contributed by atoms with Crippen molar-refractivity contribution < 1.29 is 9.90 Å². The highest BCUT2D eigenvalue weighted by Gasteiger charge is 2.57. The Labute approximate surface area is 97.8 Å². The van der Waals surface area contributed by atoms with E-state index in [4.69, 9.17) is 0 Å². The average Bonchev–Trinajstić information content (AvgIpc) is 2.56. The lowest BCUT2D eigenvalue weighted by Crippen LogP contribution is -2.61. The van der Waals surface area contributed by atoms with Crippen molar-refractivity contribution in [1.82, 2.24) is 4.90 Å². The third kappa shape index (κ3) is 1.56. The summed E-state index contributed by atoms with van der Waals surface area (Å²) in [6, 6.07) is 0. The standard InChI is InChI=1S/C13H23NO2/c1-12(2)7-6-8-13(12,11(15)16)14-9-4-3-5-10-14/h3-10H2,1-2H3,(H,15,16). The molecule has 92 valence electrons. The molecule has 3 nitrogen and oxygen atoms in total. The van der Waals surface area contributed by atoms with E-state index >= 15 is 0 Å². The Kier molecular flexibility index (Phi) is 2.99. The lowest BCUT2D eigenvalue weighted by atomic mass is 9.73. The van der Waals surface area contributed by atoms with E-state index in [1.807, 2.05) is 0 Å². The van der Waals surface area contributed by atoms with Crippen molar-refractivity contribution in [3.8, 4) is 0 Å². The molecule has 3 heteroatoms. The first-order valence-electron chi connectivity index (χ1n) is 6.49. The van der Waals surface area contributed by atoms with Gasteiger partial charge >= 0.3 is 5.97 Å². The zero-order valence-corrected chi connectivity index (χ0v) is 10.5. The number of piperidine rings is 1. The molecular formula is C13H23NO2. The van der Waals surface area contributed by atoms with E-state index in [1.165, 1.54) is 6.42 Å². The van der Waals surface area contributed by atoms with Gasteiger partial charge in [-0.15, -0.1) is 0 Å². The minimum Gasteiger partial charge on any atom is -0.480 e. The number of nitrogens with zero attached hydrogens (tertiary/aromatic N) is 1. The van der Waals surface area contributed by atoms with Crippen molar-refractivity contribution in [2.75, 3.05) is 13.1 Å². The van der Waals surface area contributed by atoms with Gasteiger partial charge in [0.05, 0.1) is 0 Å². The first-order valence-corrected chi connectivity index (χ1v) is 6.49. The average molecular weight is 225 g/mol. The Morgan fingerprint density at radius 3 is 2.12 bits per heavy atom. The molecule has 1 aliphatic heterocycles. The molecule has 0 aromatic heterocycles. The second kappa shape index (κ2) is 4.02. The van der Waals surface area contributed by atoms with Crippen LogP contribution in [-0.2, 0) is 4.79 Å². The van der Waals surface area contributed by atoms with Gasteiger partial charge in [0.2, 0.25) is 0 Å². The Balaban J connectivity index is 2.31. The van der Waals surface area contributed by atoms with Gasteiger partial charge in [-0.2, -0.15) is 0 Å². The number of likely N-dealkylation sites (tertiary alicyclic amines) is 1. The Morgan fingerprint density at radius 1 is 1.06 bits per heavy atom. The molecule has 2 aliphatic rings. The molecule has 1 atom stereocenters. The lowest BCUT2D eigenvalue weighted by Gasteiger charge is -2.48. The van der Waals surface area contributed by atoms with Gasteiger partial charge < -0.3 is 5.11 Å². The van der Waals surface area contributed by atoms with Crippen LogP contribution in [0.15, 0.2) is 0 Å². The zero-order valence-electron chi connectivity index (χ0n) is 10.5. The quantitative estimate of drug-likeness (QED) is 0.785. The Hall–Kier alpha value is -0.570. The molecule has 2 rings (SSSR count). The third-order valence-corrected chi connectivity index (χ3v) is 4.71. The van der Waals surface area contributed by atoms with Crippen LogP contribution < -0.4 is 0 Å². The minimum absolute atomic E-state index is 0.0871. The monoisotopic (exact) mass is 225 g/mol. The van der Waals surface area contributed by atoms with Crippen molar-refractivity contribution in [2.45, 2.75) is 57.9 Å². The summed E-state index contributed by atoms with van der Waals surface area (Å²) in [7, 11) is 0. The lowest BCUT2D eigenvalue weighted by molar-refractivity contribution is -0.160. The summed E-state index contributed by atoms with van der Waals surface area (Å²) < 4.78 is 0. The van der Waals surface area contributed by atoms with E-state index in [1.54, 1.807) is 0 Å². The van der Waals surface area contributed by atoms with Gasteiger partial charge in [-0.05, 0) is 44.2 Å². The van der Waals surface area contributed by atoms with Crippen molar-refractivity contribution in [3.63, 3.8) is 0 Å². The summed E-state index contributed by atoms with van der Waals surface area (Å²) in [6.07, 6.45) is 6.49. The van der Waals surface area contributed by atoms with Crippen LogP contribution >= 0.6 is 0 Å². The van der Waals surface area contributed by atoms with E-state index in [0.29, 0.717) is 0 Å². The third-order valence-electron chi connectivity index (χ3n) is 4.71. The second-order valence-corrected chi connectivity index (χ2v) is 5.95. The van der Waals surface area contributed by atoms with Crippen molar-refractivity contribution >= 4 is 5.97 Å². The minimum atomic E-state index is -0.600. The predicted octanol–water partition coefficient (Wildman–Crippen LogP) is 2.51. The maximum Gasteiger partial charge on any atom is 0.324 e. The molecule has 1 heterocycles. The maximum absolute atomic E-state index is 11.8. The molecule has 0 aromatic rings. The number of carboxylic acid groups (broad SMARTS) is 1. The summed E-state index contributed by atoms with van der Waals surface area (Å²) in [5.74, 6) is -0.600. The normalized spacial score (nSPS) is 35.1. The highest BCUT2D eigenvalue weighted by Crippen LogP contribution is 2.50. The summed E-state index contributed by atoms with van der Waals surface area (Å²) in [4.78, 5) is 14.1.